The van der Waals surface area contributed by atoms with Crippen molar-refractivity contribution in [2.24, 2.45) is 0 Å². The van der Waals surface area contributed by atoms with Crippen LogP contribution < -0.4 is 5.32 Å². The molecule has 0 unspecified atom stereocenters. The molecule has 0 amide bonds. The average molecular weight is 261 g/mol. The van der Waals surface area contributed by atoms with Gasteiger partial charge in [-0.3, -0.25) is 0 Å². The third kappa shape index (κ3) is 4.37. The number of hydrogen-bond acceptors (Lipinski definition) is 5. The molecule has 0 spiro atoms. The highest BCUT2D eigenvalue weighted by molar-refractivity contribution is 5.44. The van der Waals surface area contributed by atoms with Crippen molar-refractivity contribution in [3.63, 3.8) is 0 Å². The Labute approximate surface area is 113 Å². The number of aryl methyl sites for hydroxylation is 1. The molecule has 0 aliphatic carbocycles. The first-order valence-electron chi connectivity index (χ1n) is 6.47. The van der Waals surface area contributed by atoms with Crippen LogP contribution in [0.15, 0.2) is 28.8 Å². The zero-order valence-corrected chi connectivity index (χ0v) is 11.3. The van der Waals surface area contributed by atoms with E-state index in [0.717, 1.165) is 12.1 Å². The molecule has 0 saturated heterocycles. The van der Waals surface area contributed by atoms with Crippen molar-refractivity contribution in [2.75, 3.05) is 11.9 Å². The molecule has 0 atom stereocenters. The van der Waals surface area contributed by atoms with Gasteiger partial charge in [0, 0.05) is 12.3 Å². The molecule has 0 aliphatic heterocycles. The minimum atomic E-state index is 0.405. The van der Waals surface area contributed by atoms with Crippen LogP contribution in [0.3, 0.4) is 0 Å². The van der Waals surface area contributed by atoms with Crippen molar-refractivity contribution < 1.29 is 9.26 Å². The summed E-state index contributed by atoms with van der Waals surface area (Å²) in [4.78, 5) is 4.25. The highest BCUT2D eigenvalue weighted by Gasteiger charge is 2.05. The number of benzene rings is 1. The van der Waals surface area contributed by atoms with E-state index in [4.69, 9.17) is 9.26 Å². The minimum Gasteiger partial charge on any atom is -0.376 e. The Morgan fingerprint density at radius 1 is 1.26 bits per heavy atom. The van der Waals surface area contributed by atoms with Crippen LogP contribution in [0.1, 0.15) is 30.6 Å². The minimum absolute atomic E-state index is 0.405. The first-order chi connectivity index (χ1) is 9.28. The molecular formula is C14H19N3O2. The maximum atomic E-state index is 5.35. The Hall–Kier alpha value is -1.88. The Morgan fingerprint density at radius 3 is 2.79 bits per heavy atom. The van der Waals surface area contributed by atoms with E-state index in [2.05, 4.69) is 41.4 Å². The maximum absolute atomic E-state index is 5.35. The maximum Gasteiger partial charge on any atom is 0.246 e. The van der Waals surface area contributed by atoms with Gasteiger partial charge in [0.15, 0.2) is 5.82 Å². The van der Waals surface area contributed by atoms with Gasteiger partial charge in [0.25, 0.3) is 0 Å². The van der Waals surface area contributed by atoms with E-state index in [1.807, 2.05) is 12.1 Å². The molecule has 0 aliphatic rings. The molecule has 1 heterocycles. The van der Waals surface area contributed by atoms with Gasteiger partial charge in [0.2, 0.25) is 5.89 Å². The van der Waals surface area contributed by atoms with Crippen molar-refractivity contribution in [3.05, 3.63) is 41.5 Å². The molecule has 1 aromatic carbocycles. The van der Waals surface area contributed by atoms with Gasteiger partial charge in [0.05, 0.1) is 6.54 Å². The van der Waals surface area contributed by atoms with Gasteiger partial charge in [-0.1, -0.05) is 29.8 Å². The topological polar surface area (TPSA) is 60.2 Å². The van der Waals surface area contributed by atoms with Gasteiger partial charge in [-0.2, -0.15) is 4.98 Å². The van der Waals surface area contributed by atoms with Crippen molar-refractivity contribution in [1.82, 2.24) is 10.1 Å². The standard InChI is InChI=1S/C14H19N3O2/c1-3-8-18-10-13-16-14(19-17-13)9-15-12-6-4-11(2)5-7-12/h4-7,15H,3,8-10H2,1-2H3. The SMILES string of the molecule is CCCOCc1noc(CNc2ccc(C)cc2)n1. The molecule has 0 radical (unpaired) electrons. The van der Waals surface area contributed by atoms with E-state index >= 15 is 0 Å². The molecule has 19 heavy (non-hydrogen) atoms. The summed E-state index contributed by atoms with van der Waals surface area (Å²) in [5, 5.41) is 7.09. The number of nitrogens with one attached hydrogen (secondary N) is 1. The highest BCUT2D eigenvalue weighted by Crippen LogP contribution is 2.10. The zero-order chi connectivity index (χ0) is 13.5. The normalized spacial score (nSPS) is 10.6. The zero-order valence-electron chi connectivity index (χ0n) is 11.3. The Kier molecular flexibility index (Phi) is 4.92. The van der Waals surface area contributed by atoms with Gasteiger partial charge in [-0.15, -0.1) is 0 Å². The molecule has 1 N–H and O–H groups in total. The van der Waals surface area contributed by atoms with Crippen molar-refractivity contribution in [2.45, 2.75) is 33.4 Å². The molecular weight excluding hydrogens is 242 g/mol. The fraction of sp³-hybridized carbons (Fsp3) is 0.429. The lowest BCUT2D eigenvalue weighted by Crippen LogP contribution is -2.00. The third-order valence-corrected chi connectivity index (χ3v) is 2.59. The van der Waals surface area contributed by atoms with Crippen LogP contribution in [0.25, 0.3) is 0 Å². The molecule has 5 heteroatoms. The number of nitrogens with zero attached hydrogens (tertiary/aromatic N) is 2. The number of rotatable bonds is 7. The lowest BCUT2D eigenvalue weighted by atomic mass is 10.2. The second-order valence-electron chi connectivity index (χ2n) is 4.38. The summed E-state index contributed by atoms with van der Waals surface area (Å²) in [6, 6.07) is 8.16. The van der Waals surface area contributed by atoms with E-state index in [-0.39, 0.29) is 0 Å². The summed E-state index contributed by atoms with van der Waals surface area (Å²) in [6.45, 7) is 5.76. The predicted molar refractivity (Wildman–Crippen MR) is 72.8 cm³/mol. The molecule has 0 bridgehead atoms. The summed E-state index contributed by atoms with van der Waals surface area (Å²) >= 11 is 0. The quantitative estimate of drug-likeness (QED) is 0.776. The lowest BCUT2D eigenvalue weighted by molar-refractivity contribution is 0.114. The molecule has 102 valence electrons. The van der Waals surface area contributed by atoms with Gasteiger partial charge in [0.1, 0.15) is 6.61 Å². The molecule has 5 nitrogen and oxygen atoms in total. The van der Waals surface area contributed by atoms with E-state index < -0.39 is 0 Å². The molecule has 2 aromatic rings. The Bertz CT molecular complexity index is 494. The van der Waals surface area contributed by atoms with E-state index in [9.17, 15) is 0 Å². The third-order valence-electron chi connectivity index (χ3n) is 2.59. The van der Waals surface area contributed by atoms with Crippen LogP contribution in [0.2, 0.25) is 0 Å². The summed E-state index contributed by atoms with van der Waals surface area (Å²) in [5.41, 5.74) is 2.27. The van der Waals surface area contributed by atoms with Crippen molar-refractivity contribution in [3.8, 4) is 0 Å². The van der Waals surface area contributed by atoms with Gasteiger partial charge < -0.3 is 14.6 Å². The second kappa shape index (κ2) is 6.89. The van der Waals surface area contributed by atoms with Crippen LogP contribution in [-0.4, -0.2) is 16.7 Å². The Balaban J connectivity index is 1.81. The van der Waals surface area contributed by atoms with Crippen molar-refractivity contribution >= 4 is 5.69 Å². The summed E-state index contributed by atoms with van der Waals surface area (Å²) in [5.74, 6) is 1.16. The van der Waals surface area contributed by atoms with E-state index in [1.165, 1.54) is 5.56 Å². The first-order valence-corrected chi connectivity index (χ1v) is 6.47. The smallest absolute Gasteiger partial charge is 0.246 e. The molecule has 0 fully saturated rings. The fourth-order valence-corrected chi connectivity index (χ4v) is 1.58. The van der Waals surface area contributed by atoms with Gasteiger partial charge in [-0.05, 0) is 25.5 Å². The predicted octanol–water partition coefficient (Wildman–Crippen LogP) is 2.92. The van der Waals surface area contributed by atoms with Crippen LogP contribution >= 0.6 is 0 Å². The highest BCUT2D eigenvalue weighted by atomic mass is 16.5. The average Bonchev–Trinajstić information content (AvgIpc) is 2.86. The molecule has 1 aromatic heterocycles. The molecule has 0 saturated carbocycles. The van der Waals surface area contributed by atoms with Crippen molar-refractivity contribution in [1.29, 1.82) is 0 Å². The van der Waals surface area contributed by atoms with Gasteiger partial charge >= 0.3 is 0 Å². The lowest BCUT2D eigenvalue weighted by Gasteiger charge is -2.02. The second-order valence-corrected chi connectivity index (χ2v) is 4.38. The largest absolute Gasteiger partial charge is 0.376 e. The van der Waals surface area contributed by atoms with Crippen LogP contribution in [-0.2, 0) is 17.9 Å². The summed E-state index contributed by atoms with van der Waals surface area (Å²) in [7, 11) is 0. The number of anilines is 1. The first kappa shape index (κ1) is 13.5. The van der Waals surface area contributed by atoms with E-state index in [1.54, 1.807) is 0 Å². The number of hydrogen-bond donors (Lipinski definition) is 1. The van der Waals surface area contributed by atoms with Gasteiger partial charge in [-0.25, -0.2) is 0 Å². The fourth-order valence-electron chi connectivity index (χ4n) is 1.58. The monoisotopic (exact) mass is 261 g/mol. The number of ether oxygens (including phenoxy) is 1. The van der Waals surface area contributed by atoms with Crippen LogP contribution in [0, 0.1) is 6.92 Å². The van der Waals surface area contributed by atoms with E-state index in [0.29, 0.717) is 31.5 Å². The summed E-state index contributed by atoms with van der Waals surface area (Å²) < 4.78 is 10.5. The number of aromatic nitrogens is 2. The summed E-state index contributed by atoms with van der Waals surface area (Å²) in [6.07, 6.45) is 0.986. The van der Waals surface area contributed by atoms with Crippen LogP contribution in [0.5, 0.6) is 0 Å². The van der Waals surface area contributed by atoms with Crippen LogP contribution in [0.4, 0.5) is 5.69 Å². The Morgan fingerprint density at radius 2 is 2.05 bits per heavy atom. The molecule has 2 rings (SSSR count).